The fourth-order valence-electron chi connectivity index (χ4n) is 1.34. The molecule has 0 radical (unpaired) electrons. The van der Waals surface area contributed by atoms with Gasteiger partial charge in [-0.2, -0.15) is 0 Å². The molecule has 0 aliphatic carbocycles. The van der Waals surface area contributed by atoms with E-state index in [1.54, 1.807) is 38.1 Å². The van der Waals surface area contributed by atoms with Gasteiger partial charge >= 0.3 is 11.8 Å². The predicted molar refractivity (Wildman–Crippen MR) is 74.7 cm³/mol. The minimum Gasteiger partial charge on any atom is -0.346 e. The molecule has 0 spiro atoms. The van der Waals surface area contributed by atoms with Gasteiger partial charge < -0.3 is 5.32 Å². The average Bonchev–Trinajstić information content (AvgIpc) is 2.38. The molecule has 1 aromatic rings. The summed E-state index contributed by atoms with van der Waals surface area (Å²) in [4.78, 5) is 34.2. The van der Waals surface area contributed by atoms with Crippen molar-refractivity contribution in [2.45, 2.75) is 26.3 Å². The van der Waals surface area contributed by atoms with E-state index in [4.69, 9.17) is 11.6 Å². The number of hydrazine groups is 1. The molecule has 0 bridgehead atoms. The van der Waals surface area contributed by atoms with Gasteiger partial charge in [0.05, 0.1) is 6.42 Å². The Kier molecular flexibility index (Phi) is 5.99. The molecule has 3 N–H and O–H groups in total. The number of amides is 3. The fourth-order valence-corrected chi connectivity index (χ4v) is 1.47. The van der Waals surface area contributed by atoms with Crippen molar-refractivity contribution in [2.75, 3.05) is 0 Å². The van der Waals surface area contributed by atoms with Crippen LogP contribution in [0.2, 0.25) is 5.02 Å². The van der Waals surface area contributed by atoms with Crippen LogP contribution in [0.25, 0.3) is 0 Å². The second-order valence-electron chi connectivity index (χ2n) is 4.43. The molecular weight excluding hydrogens is 282 g/mol. The van der Waals surface area contributed by atoms with Crippen LogP contribution in [0, 0.1) is 0 Å². The SMILES string of the molecule is CC(C)NC(=O)C(=O)NNC(=O)Cc1ccc(Cl)cc1. The van der Waals surface area contributed by atoms with Gasteiger partial charge in [-0.1, -0.05) is 23.7 Å². The van der Waals surface area contributed by atoms with Crippen LogP contribution in [0.15, 0.2) is 24.3 Å². The van der Waals surface area contributed by atoms with Gasteiger partial charge in [0.2, 0.25) is 5.91 Å². The fraction of sp³-hybridized carbons (Fsp3) is 0.308. The quantitative estimate of drug-likeness (QED) is 0.562. The topological polar surface area (TPSA) is 87.3 Å². The lowest BCUT2D eigenvalue weighted by Gasteiger charge is -2.09. The summed E-state index contributed by atoms with van der Waals surface area (Å²) >= 11 is 5.73. The number of hydrogen-bond acceptors (Lipinski definition) is 3. The van der Waals surface area contributed by atoms with Gasteiger partial charge in [0.15, 0.2) is 0 Å². The highest BCUT2D eigenvalue weighted by Crippen LogP contribution is 2.09. The summed E-state index contributed by atoms with van der Waals surface area (Å²) in [5.41, 5.74) is 4.95. The van der Waals surface area contributed by atoms with E-state index < -0.39 is 17.7 Å². The lowest BCUT2D eigenvalue weighted by atomic mass is 10.1. The molecule has 108 valence electrons. The van der Waals surface area contributed by atoms with Gasteiger partial charge in [-0.25, -0.2) is 0 Å². The molecule has 0 aromatic heterocycles. The Hall–Kier alpha value is -2.08. The van der Waals surface area contributed by atoms with Crippen molar-refractivity contribution in [3.8, 4) is 0 Å². The molecule has 0 unspecified atom stereocenters. The third-order valence-corrected chi connectivity index (χ3v) is 2.47. The van der Waals surface area contributed by atoms with Crippen molar-refractivity contribution in [3.63, 3.8) is 0 Å². The van der Waals surface area contributed by atoms with E-state index in [0.717, 1.165) is 5.56 Å². The number of halogens is 1. The number of benzene rings is 1. The molecule has 0 saturated heterocycles. The number of hydrogen-bond donors (Lipinski definition) is 3. The third kappa shape index (κ3) is 5.71. The summed E-state index contributed by atoms with van der Waals surface area (Å²) in [6, 6.07) is 6.58. The first-order chi connectivity index (χ1) is 9.38. The average molecular weight is 298 g/mol. The standard InChI is InChI=1S/C13H16ClN3O3/c1-8(2)15-12(19)13(20)17-16-11(18)7-9-3-5-10(14)6-4-9/h3-6,8H,7H2,1-2H3,(H,15,19)(H,16,18)(H,17,20). The molecule has 0 atom stereocenters. The van der Waals surface area contributed by atoms with Gasteiger partial charge in [-0.15, -0.1) is 0 Å². The molecule has 7 heteroatoms. The monoisotopic (exact) mass is 297 g/mol. The highest BCUT2D eigenvalue weighted by molar-refractivity contribution is 6.35. The Balaban J connectivity index is 2.38. The molecule has 0 aliphatic heterocycles. The van der Waals surface area contributed by atoms with Crippen LogP contribution >= 0.6 is 11.6 Å². The zero-order valence-electron chi connectivity index (χ0n) is 11.2. The zero-order chi connectivity index (χ0) is 15.1. The van der Waals surface area contributed by atoms with Crippen LogP contribution in [0.5, 0.6) is 0 Å². The summed E-state index contributed by atoms with van der Waals surface area (Å²) < 4.78 is 0. The van der Waals surface area contributed by atoms with Crippen molar-refractivity contribution >= 4 is 29.3 Å². The van der Waals surface area contributed by atoms with Gasteiger partial charge in [0.25, 0.3) is 0 Å². The predicted octanol–water partition coefficient (Wildman–Crippen LogP) is 0.554. The summed E-state index contributed by atoms with van der Waals surface area (Å²) in [5, 5.41) is 2.98. The number of carbonyl (C=O) groups excluding carboxylic acids is 3. The van der Waals surface area contributed by atoms with Gasteiger partial charge in [-0.3, -0.25) is 25.2 Å². The Morgan fingerprint density at radius 3 is 2.20 bits per heavy atom. The van der Waals surface area contributed by atoms with Crippen molar-refractivity contribution in [3.05, 3.63) is 34.9 Å². The lowest BCUT2D eigenvalue weighted by molar-refractivity contribution is -0.141. The number of nitrogens with one attached hydrogen (secondary N) is 3. The van der Waals surface area contributed by atoms with E-state index in [9.17, 15) is 14.4 Å². The second kappa shape index (κ2) is 7.49. The first-order valence-electron chi connectivity index (χ1n) is 6.02. The van der Waals surface area contributed by atoms with Crippen molar-refractivity contribution in [1.82, 2.24) is 16.2 Å². The number of carbonyl (C=O) groups is 3. The molecule has 20 heavy (non-hydrogen) atoms. The summed E-state index contributed by atoms with van der Waals surface area (Å²) in [7, 11) is 0. The molecule has 6 nitrogen and oxygen atoms in total. The van der Waals surface area contributed by atoms with Crippen molar-refractivity contribution < 1.29 is 14.4 Å². The molecular formula is C13H16ClN3O3. The summed E-state index contributed by atoms with van der Waals surface area (Å²) in [6.07, 6.45) is 0.0727. The highest BCUT2D eigenvalue weighted by atomic mass is 35.5. The van der Waals surface area contributed by atoms with Crippen LogP contribution in [0.3, 0.4) is 0 Å². The Morgan fingerprint density at radius 2 is 1.65 bits per heavy atom. The van der Waals surface area contributed by atoms with E-state index in [-0.39, 0.29) is 12.5 Å². The van der Waals surface area contributed by atoms with Crippen molar-refractivity contribution in [1.29, 1.82) is 0 Å². The van der Waals surface area contributed by atoms with E-state index in [1.165, 1.54) is 0 Å². The van der Waals surface area contributed by atoms with Gasteiger partial charge in [0.1, 0.15) is 0 Å². The molecule has 0 fully saturated rings. The first-order valence-corrected chi connectivity index (χ1v) is 6.40. The molecule has 0 heterocycles. The van der Waals surface area contributed by atoms with Gasteiger partial charge in [0, 0.05) is 11.1 Å². The minimum absolute atomic E-state index is 0.0727. The minimum atomic E-state index is -0.914. The molecule has 0 aliphatic rings. The first kappa shape index (κ1) is 16.0. The lowest BCUT2D eigenvalue weighted by Crippen LogP contribution is -2.50. The largest absolute Gasteiger partial charge is 0.346 e. The maximum absolute atomic E-state index is 11.6. The van der Waals surface area contributed by atoms with E-state index >= 15 is 0 Å². The Labute approximate surface area is 121 Å². The smallest absolute Gasteiger partial charge is 0.327 e. The Bertz CT molecular complexity index is 500. The molecule has 1 rings (SSSR count). The normalized spacial score (nSPS) is 10.0. The summed E-state index contributed by atoms with van der Waals surface area (Å²) in [5.74, 6) is -2.15. The van der Waals surface area contributed by atoms with E-state index in [0.29, 0.717) is 5.02 Å². The van der Waals surface area contributed by atoms with E-state index in [1.807, 2.05) is 5.43 Å². The maximum atomic E-state index is 11.6. The number of rotatable bonds is 3. The van der Waals surface area contributed by atoms with E-state index in [2.05, 4.69) is 10.7 Å². The Morgan fingerprint density at radius 1 is 1.05 bits per heavy atom. The summed E-state index contributed by atoms with van der Waals surface area (Å²) in [6.45, 7) is 3.45. The van der Waals surface area contributed by atoms with Crippen LogP contribution in [0.1, 0.15) is 19.4 Å². The zero-order valence-corrected chi connectivity index (χ0v) is 12.0. The second-order valence-corrected chi connectivity index (χ2v) is 4.87. The van der Waals surface area contributed by atoms with Crippen LogP contribution in [0.4, 0.5) is 0 Å². The molecule has 3 amide bonds. The highest BCUT2D eigenvalue weighted by Gasteiger charge is 2.14. The van der Waals surface area contributed by atoms with Crippen LogP contribution in [-0.4, -0.2) is 23.8 Å². The van der Waals surface area contributed by atoms with Crippen LogP contribution < -0.4 is 16.2 Å². The molecule has 1 aromatic carbocycles. The third-order valence-electron chi connectivity index (χ3n) is 2.22. The van der Waals surface area contributed by atoms with Gasteiger partial charge in [-0.05, 0) is 31.5 Å². The van der Waals surface area contributed by atoms with Crippen molar-refractivity contribution in [2.24, 2.45) is 0 Å². The molecule has 0 saturated carbocycles. The van der Waals surface area contributed by atoms with Crippen LogP contribution in [-0.2, 0) is 20.8 Å². The maximum Gasteiger partial charge on any atom is 0.327 e.